The first-order chi connectivity index (χ1) is 11.8. The Labute approximate surface area is 144 Å². The molecule has 0 atom stereocenters. The molecule has 3 aromatic rings. The van der Waals surface area contributed by atoms with E-state index >= 15 is 0 Å². The molecule has 0 spiro atoms. The molecule has 0 aliphatic rings. The monoisotopic (exact) mass is 361 g/mol. The lowest BCUT2D eigenvalue weighted by Gasteiger charge is -2.11. The van der Waals surface area contributed by atoms with E-state index in [9.17, 15) is 12.8 Å². The molecular weight excluding hydrogens is 345 g/mol. The van der Waals surface area contributed by atoms with Gasteiger partial charge < -0.3 is 4.74 Å². The maximum atomic E-state index is 14.1. The molecule has 0 bridgehead atoms. The van der Waals surface area contributed by atoms with Crippen LogP contribution in [0.25, 0.3) is 16.9 Å². The highest BCUT2D eigenvalue weighted by atomic mass is 32.2. The second-order valence-corrected chi connectivity index (χ2v) is 7.00. The van der Waals surface area contributed by atoms with Crippen molar-refractivity contribution in [3.63, 3.8) is 0 Å². The number of methoxy groups -OCH3 is 1. The topological polar surface area (TPSA) is 87.2 Å². The summed E-state index contributed by atoms with van der Waals surface area (Å²) in [5.41, 5.74) is 2.72. The van der Waals surface area contributed by atoms with Crippen molar-refractivity contribution in [2.24, 2.45) is 5.14 Å². The van der Waals surface area contributed by atoms with Gasteiger partial charge in [-0.3, -0.25) is 4.57 Å². The molecular formula is C17H16FN3O3S. The van der Waals surface area contributed by atoms with Crippen molar-refractivity contribution in [1.29, 1.82) is 0 Å². The number of aromatic nitrogens is 2. The molecule has 2 aromatic carbocycles. The van der Waals surface area contributed by atoms with E-state index in [1.807, 2.05) is 6.92 Å². The number of hydrogen-bond acceptors (Lipinski definition) is 4. The van der Waals surface area contributed by atoms with Crippen LogP contribution in [0.3, 0.4) is 0 Å². The van der Waals surface area contributed by atoms with Crippen molar-refractivity contribution < 1.29 is 17.5 Å². The van der Waals surface area contributed by atoms with Gasteiger partial charge in [-0.1, -0.05) is 0 Å². The SMILES string of the molecule is COc1ccc(-c2c(C)ncn2-c2ccc(S(N)(=O)=O)cc2)cc1F. The summed E-state index contributed by atoms with van der Waals surface area (Å²) in [6.45, 7) is 1.81. The van der Waals surface area contributed by atoms with Gasteiger partial charge in [0.15, 0.2) is 11.6 Å². The molecule has 1 aromatic heterocycles. The molecule has 0 amide bonds. The third-order valence-corrected chi connectivity index (χ3v) is 4.75. The maximum absolute atomic E-state index is 14.1. The van der Waals surface area contributed by atoms with Crippen molar-refractivity contribution >= 4 is 10.0 Å². The molecule has 2 N–H and O–H groups in total. The summed E-state index contributed by atoms with van der Waals surface area (Å²) < 4.78 is 43.5. The molecule has 0 radical (unpaired) electrons. The second-order valence-electron chi connectivity index (χ2n) is 5.44. The number of rotatable bonds is 4. The van der Waals surface area contributed by atoms with Gasteiger partial charge in [-0.2, -0.15) is 0 Å². The van der Waals surface area contributed by atoms with E-state index in [1.54, 1.807) is 35.2 Å². The van der Waals surface area contributed by atoms with Crippen LogP contribution in [0.5, 0.6) is 5.75 Å². The van der Waals surface area contributed by atoms with Crippen molar-refractivity contribution in [1.82, 2.24) is 9.55 Å². The molecule has 8 heteroatoms. The Morgan fingerprint density at radius 2 is 1.84 bits per heavy atom. The number of benzene rings is 2. The highest BCUT2D eigenvalue weighted by Crippen LogP contribution is 2.29. The first-order valence-corrected chi connectivity index (χ1v) is 8.87. The minimum Gasteiger partial charge on any atom is -0.494 e. The molecule has 0 aliphatic heterocycles. The largest absolute Gasteiger partial charge is 0.494 e. The van der Waals surface area contributed by atoms with Gasteiger partial charge in [0.25, 0.3) is 0 Å². The Hall–Kier alpha value is -2.71. The fourth-order valence-corrected chi connectivity index (χ4v) is 3.11. The Balaban J connectivity index is 2.10. The Morgan fingerprint density at radius 3 is 2.40 bits per heavy atom. The number of ether oxygens (including phenoxy) is 1. The van der Waals surface area contributed by atoms with E-state index in [-0.39, 0.29) is 10.6 Å². The fourth-order valence-electron chi connectivity index (χ4n) is 2.59. The van der Waals surface area contributed by atoms with Gasteiger partial charge in [0.2, 0.25) is 10.0 Å². The van der Waals surface area contributed by atoms with Gasteiger partial charge in [0.1, 0.15) is 0 Å². The second kappa shape index (κ2) is 6.30. The summed E-state index contributed by atoms with van der Waals surface area (Å²) >= 11 is 0. The van der Waals surface area contributed by atoms with Crippen LogP contribution in [0, 0.1) is 12.7 Å². The maximum Gasteiger partial charge on any atom is 0.238 e. The molecule has 0 aliphatic carbocycles. The smallest absolute Gasteiger partial charge is 0.238 e. The number of aryl methyl sites for hydroxylation is 1. The van der Waals surface area contributed by atoms with E-state index in [0.717, 1.165) is 0 Å². The van der Waals surface area contributed by atoms with E-state index in [4.69, 9.17) is 9.88 Å². The molecule has 0 saturated heterocycles. The van der Waals surface area contributed by atoms with E-state index in [2.05, 4.69) is 4.98 Å². The first kappa shape index (κ1) is 17.1. The average molecular weight is 361 g/mol. The van der Waals surface area contributed by atoms with Crippen molar-refractivity contribution in [2.75, 3.05) is 7.11 Å². The summed E-state index contributed by atoms with van der Waals surface area (Å²) in [7, 11) is -2.36. The molecule has 0 saturated carbocycles. The van der Waals surface area contributed by atoms with Crippen LogP contribution >= 0.6 is 0 Å². The number of nitrogens with zero attached hydrogens (tertiary/aromatic N) is 2. The summed E-state index contributed by atoms with van der Waals surface area (Å²) in [5, 5.41) is 5.11. The first-order valence-electron chi connectivity index (χ1n) is 7.32. The van der Waals surface area contributed by atoms with Crippen LogP contribution in [0.15, 0.2) is 53.7 Å². The van der Waals surface area contributed by atoms with Gasteiger partial charge in [-0.05, 0) is 49.4 Å². The predicted molar refractivity (Wildman–Crippen MR) is 91.6 cm³/mol. The zero-order chi connectivity index (χ0) is 18.2. The summed E-state index contributed by atoms with van der Waals surface area (Å²) in [6, 6.07) is 10.7. The summed E-state index contributed by atoms with van der Waals surface area (Å²) in [6.07, 6.45) is 1.60. The molecule has 6 nitrogen and oxygen atoms in total. The number of imidazole rings is 1. The van der Waals surface area contributed by atoms with E-state index in [1.165, 1.54) is 25.3 Å². The lowest BCUT2D eigenvalue weighted by Crippen LogP contribution is -2.12. The lowest BCUT2D eigenvalue weighted by atomic mass is 10.1. The molecule has 3 rings (SSSR count). The van der Waals surface area contributed by atoms with Crippen molar-refractivity contribution in [2.45, 2.75) is 11.8 Å². The summed E-state index contributed by atoms with van der Waals surface area (Å²) in [4.78, 5) is 4.30. The zero-order valence-electron chi connectivity index (χ0n) is 13.6. The average Bonchev–Trinajstić information content (AvgIpc) is 2.95. The molecule has 130 valence electrons. The highest BCUT2D eigenvalue weighted by molar-refractivity contribution is 7.89. The van der Waals surface area contributed by atoms with Gasteiger partial charge in [0.05, 0.1) is 29.7 Å². The third kappa shape index (κ3) is 3.26. The highest BCUT2D eigenvalue weighted by Gasteiger charge is 2.15. The van der Waals surface area contributed by atoms with Gasteiger partial charge in [-0.15, -0.1) is 0 Å². The normalized spacial score (nSPS) is 11.5. The van der Waals surface area contributed by atoms with Crippen LogP contribution in [0.2, 0.25) is 0 Å². The van der Waals surface area contributed by atoms with Gasteiger partial charge in [0, 0.05) is 11.3 Å². The van der Waals surface area contributed by atoms with Crippen LogP contribution in [-0.2, 0) is 10.0 Å². The Kier molecular flexibility index (Phi) is 4.32. The Bertz CT molecular complexity index is 1030. The predicted octanol–water partition coefficient (Wildman–Crippen LogP) is 2.64. The minimum absolute atomic E-state index is 0.0186. The van der Waals surface area contributed by atoms with Crippen molar-refractivity contribution in [3.8, 4) is 22.7 Å². The van der Waals surface area contributed by atoms with Crippen molar-refractivity contribution in [3.05, 3.63) is 60.3 Å². The van der Waals surface area contributed by atoms with Gasteiger partial charge >= 0.3 is 0 Å². The Morgan fingerprint density at radius 1 is 1.16 bits per heavy atom. The van der Waals surface area contributed by atoms with Crippen LogP contribution in [0.1, 0.15) is 5.69 Å². The fraction of sp³-hybridized carbons (Fsp3) is 0.118. The zero-order valence-corrected chi connectivity index (χ0v) is 14.4. The van der Waals surface area contributed by atoms with Gasteiger partial charge in [-0.25, -0.2) is 22.9 Å². The standard InChI is InChI=1S/C17H16FN3O3S/c1-11-17(12-3-8-16(24-2)15(18)9-12)21(10-20-11)13-4-6-14(7-5-13)25(19,22)23/h3-10H,1-2H3,(H2,19,22,23). The van der Waals surface area contributed by atoms with E-state index in [0.29, 0.717) is 22.6 Å². The molecule has 0 unspecified atom stereocenters. The van der Waals surface area contributed by atoms with Crippen LogP contribution in [-0.4, -0.2) is 25.1 Å². The number of primary sulfonamides is 1. The minimum atomic E-state index is -3.76. The van der Waals surface area contributed by atoms with E-state index < -0.39 is 15.8 Å². The number of sulfonamides is 1. The third-order valence-electron chi connectivity index (χ3n) is 3.82. The molecule has 25 heavy (non-hydrogen) atoms. The number of halogens is 1. The number of hydrogen-bond donors (Lipinski definition) is 1. The van der Waals surface area contributed by atoms with Crippen LogP contribution < -0.4 is 9.88 Å². The molecule has 1 heterocycles. The quantitative estimate of drug-likeness (QED) is 0.774. The summed E-state index contributed by atoms with van der Waals surface area (Å²) in [5.74, 6) is -0.318. The lowest BCUT2D eigenvalue weighted by molar-refractivity contribution is 0.386. The molecule has 0 fully saturated rings. The van der Waals surface area contributed by atoms with Crippen LogP contribution in [0.4, 0.5) is 4.39 Å². The number of nitrogens with two attached hydrogens (primary N) is 1.